The Morgan fingerprint density at radius 1 is 0.957 bits per heavy atom. The van der Waals surface area contributed by atoms with Crippen LogP contribution in [0.4, 0.5) is 0 Å². The van der Waals surface area contributed by atoms with Crippen LogP contribution in [-0.4, -0.2) is 67.9 Å². The van der Waals surface area contributed by atoms with Crippen LogP contribution < -0.4 is 0 Å². The smallest absolute Gasteiger partial charge is 0.222 e. The average Bonchev–Trinajstić information content (AvgIpc) is 2.94. The van der Waals surface area contributed by atoms with Crippen molar-refractivity contribution in [1.82, 2.24) is 9.80 Å². The summed E-state index contributed by atoms with van der Waals surface area (Å²) in [5, 5.41) is 0. The molecule has 0 radical (unpaired) electrons. The fourth-order valence-electron chi connectivity index (χ4n) is 4.36. The first kappa shape index (κ1) is 17.2. The molecule has 3 fully saturated rings. The molecule has 132 valence electrons. The predicted octanol–water partition coefficient (Wildman–Crippen LogP) is 1.68. The lowest BCUT2D eigenvalue weighted by atomic mass is 9.86. The van der Waals surface area contributed by atoms with E-state index in [1.807, 2.05) is 4.90 Å². The number of sulfone groups is 1. The third-order valence-corrected chi connectivity index (χ3v) is 7.63. The van der Waals surface area contributed by atoms with E-state index in [4.69, 9.17) is 0 Å². The van der Waals surface area contributed by atoms with Crippen molar-refractivity contribution in [2.75, 3.05) is 37.7 Å². The fraction of sp³-hybridized carbons (Fsp3) is 0.941. The lowest BCUT2D eigenvalue weighted by Gasteiger charge is -2.37. The standard InChI is InChI=1S/C17H30N2O3S/c20-17(7-6-15-4-2-1-3-5-15)19-11-9-18(10-12-19)16-8-13-23(21,22)14-16/h15-16H,1-14H2. The number of rotatable bonds is 4. The molecule has 1 unspecified atom stereocenters. The van der Waals surface area contributed by atoms with Gasteiger partial charge in [-0.2, -0.15) is 0 Å². The molecule has 23 heavy (non-hydrogen) atoms. The minimum Gasteiger partial charge on any atom is -0.340 e. The first-order valence-corrected chi connectivity index (χ1v) is 11.1. The first-order valence-electron chi connectivity index (χ1n) is 9.26. The molecule has 1 saturated carbocycles. The van der Waals surface area contributed by atoms with Crippen LogP contribution in [0.25, 0.3) is 0 Å². The number of carbonyl (C=O) groups is 1. The van der Waals surface area contributed by atoms with Gasteiger partial charge in [-0.1, -0.05) is 32.1 Å². The van der Waals surface area contributed by atoms with Crippen molar-refractivity contribution in [3.8, 4) is 0 Å². The summed E-state index contributed by atoms with van der Waals surface area (Å²) in [5.41, 5.74) is 0. The Labute approximate surface area is 140 Å². The second-order valence-electron chi connectivity index (χ2n) is 7.52. The molecule has 1 amide bonds. The lowest BCUT2D eigenvalue weighted by molar-refractivity contribution is -0.133. The van der Waals surface area contributed by atoms with Crippen molar-refractivity contribution >= 4 is 15.7 Å². The van der Waals surface area contributed by atoms with E-state index in [0.29, 0.717) is 23.8 Å². The molecule has 2 saturated heterocycles. The monoisotopic (exact) mass is 342 g/mol. The van der Waals surface area contributed by atoms with Gasteiger partial charge < -0.3 is 4.90 Å². The molecule has 1 atom stereocenters. The van der Waals surface area contributed by atoms with E-state index >= 15 is 0 Å². The summed E-state index contributed by atoms with van der Waals surface area (Å²) < 4.78 is 23.2. The number of piperazine rings is 1. The molecule has 3 rings (SSSR count). The lowest BCUT2D eigenvalue weighted by Crippen LogP contribution is -2.52. The van der Waals surface area contributed by atoms with Crippen LogP contribution >= 0.6 is 0 Å². The van der Waals surface area contributed by atoms with Crippen molar-refractivity contribution in [2.24, 2.45) is 5.92 Å². The molecule has 0 aromatic carbocycles. The van der Waals surface area contributed by atoms with E-state index in [9.17, 15) is 13.2 Å². The summed E-state index contributed by atoms with van der Waals surface area (Å²) >= 11 is 0. The van der Waals surface area contributed by atoms with Crippen LogP contribution in [0, 0.1) is 5.92 Å². The maximum absolute atomic E-state index is 12.4. The zero-order chi connectivity index (χ0) is 16.3. The zero-order valence-electron chi connectivity index (χ0n) is 14.1. The van der Waals surface area contributed by atoms with Gasteiger partial charge in [0.25, 0.3) is 0 Å². The molecule has 2 aliphatic heterocycles. The van der Waals surface area contributed by atoms with Gasteiger partial charge in [0.1, 0.15) is 0 Å². The molecular formula is C17H30N2O3S. The molecule has 2 heterocycles. The highest BCUT2D eigenvalue weighted by Gasteiger charge is 2.34. The highest BCUT2D eigenvalue weighted by Crippen LogP contribution is 2.27. The molecule has 3 aliphatic rings. The molecule has 0 aromatic heterocycles. The van der Waals surface area contributed by atoms with Crippen LogP contribution in [-0.2, 0) is 14.6 Å². The Kier molecular flexibility index (Phi) is 5.62. The van der Waals surface area contributed by atoms with Crippen LogP contribution in [0.3, 0.4) is 0 Å². The number of hydrogen-bond donors (Lipinski definition) is 0. The SMILES string of the molecule is O=C(CCC1CCCCC1)N1CCN(C2CCS(=O)(=O)C2)CC1. The van der Waals surface area contributed by atoms with E-state index in [1.54, 1.807) is 0 Å². The maximum atomic E-state index is 12.4. The molecule has 6 heteroatoms. The topological polar surface area (TPSA) is 57.7 Å². The Morgan fingerprint density at radius 3 is 2.26 bits per heavy atom. The molecule has 5 nitrogen and oxygen atoms in total. The Morgan fingerprint density at radius 2 is 1.65 bits per heavy atom. The number of nitrogens with zero attached hydrogens (tertiary/aromatic N) is 2. The van der Waals surface area contributed by atoms with Crippen molar-refractivity contribution in [1.29, 1.82) is 0 Å². The second kappa shape index (κ2) is 7.51. The summed E-state index contributed by atoms with van der Waals surface area (Å²) in [7, 11) is -2.82. The van der Waals surface area contributed by atoms with Gasteiger partial charge in [0, 0.05) is 38.6 Å². The molecular weight excluding hydrogens is 312 g/mol. The van der Waals surface area contributed by atoms with Crippen LogP contribution in [0.2, 0.25) is 0 Å². The third-order valence-electron chi connectivity index (χ3n) is 5.88. The van der Waals surface area contributed by atoms with Gasteiger partial charge in [-0.05, 0) is 18.8 Å². The highest BCUT2D eigenvalue weighted by atomic mass is 32.2. The van der Waals surface area contributed by atoms with Crippen molar-refractivity contribution < 1.29 is 13.2 Å². The third kappa shape index (κ3) is 4.69. The van der Waals surface area contributed by atoms with E-state index in [0.717, 1.165) is 44.9 Å². The summed E-state index contributed by atoms with van der Waals surface area (Å²) in [5.74, 6) is 1.70. The average molecular weight is 343 g/mol. The predicted molar refractivity (Wildman–Crippen MR) is 91.0 cm³/mol. The number of hydrogen-bond acceptors (Lipinski definition) is 4. The summed E-state index contributed by atoms with van der Waals surface area (Å²) in [6.07, 6.45) is 9.15. The molecule has 0 bridgehead atoms. The molecule has 0 aromatic rings. The molecule has 0 spiro atoms. The summed E-state index contributed by atoms with van der Waals surface area (Å²) in [6.45, 7) is 3.19. The van der Waals surface area contributed by atoms with Crippen LogP contribution in [0.1, 0.15) is 51.4 Å². The Balaban J connectivity index is 1.39. The van der Waals surface area contributed by atoms with E-state index < -0.39 is 9.84 Å². The van der Waals surface area contributed by atoms with Crippen LogP contribution in [0.15, 0.2) is 0 Å². The van der Waals surface area contributed by atoms with E-state index in [1.165, 1.54) is 32.1 Å². The van der Waals surface area contributed by atoms with Gasteiger partial charge in [0.05, 0.1) is 11.5 Å². The summed E-state index contributed by atoms with van der Waals surface area (Å²) in [4.78, 5) is 16.6. The quantitative estimate of drug-likeness (QED) is 0.780. The Hall–Kier alpha value is -0.620. The molecule has 0 N–H and O–H groups in total. The van der Waals surface area contributed by atoms with Gasteiger partial charge in [-0.15, -0.1) is 0 Å². The summed E-state index contributed by atoms with van der Waals surface area (Å²) in [6, 6.07) is 0.180. The van der Waals surface area contributed by atoms with Crippen LogP contribution in [0.5, 0.6) is 0 Å². The van der Waals surface area contributed by atoms with E-state index in [2.05, 4.69) is 4.90 Å². The number of carbonyl (C=O) groups excluding carboxylic acids is 1. The normalized spacial score (nSPS) is 29.7. The van der Waals surface area contributed by atoms with Crippen molar-refractivity contribution in [2.45, 2.75) is 57.4 Å². The highest BCUT2D eigenvalue weighted by molar-refractivity contribution is 7.91. The van der Waals surface area contributed by atoms with Gasteiger partial charge in [0.15, 0.2) is 9.84 Å². The van der Waals surface area contributed by atoms with Crippen molar-refractivity contribution in [3.05, 3.63) is 0 Å². The minimum atomic E-state index is -2.82. The van der Waals surface area contributed by atoms with Crippen molar-refractivity contribution in [3.63, 3.8) is 0 Å². The van der Waals surface area contributed by atoms with Gasteiger partial charge in [-0.25, -0.2) is 8.42 Å². The largest absolute Gasteiger partial charge is 0.340 e. The van der Waals surface area contributed by atoms with Gasteiger partial charge >= 0.3 is 0 Å². The molecule has 1 aliphatic carbocycles. The first-order chi connectivity index (χ1) is 11.0. The zero-order valence-corrected chi connectivity index (χ0v) is 14.9. The maximum Gasteiger partial charge on any atom is 0.222 e. The fourth-order valence-corrected chi connectivity index (χ4v) is 6.12. The Bertz CT molecular complexity index is 506. The number of amides is 1. The minimum absolute atomic E-state index is 0.180. The second-order valence-corrected chi connectivity index (χ2v) is 9.75. The van der Waals surface area contributed by atoms with Gasteiger partial charge in [0.2, 0.25) is 5.91 Å². The van der Waals surface area contributed by atoms with E-state index in [-0.39, 0.29) is 6.04 Å². The van der Waals surface area contributed by atoms with Gasteiger partial charge in [-0.3, -0.25) is 9.69 Å².